The normalized spacial score (nSPS) is 11.7. The van der Waals surface area contributed by atoms with Crippen molar-refractivity contribution in [2.24, 2.45) is 0 Å². The van der Waals surface area contributed by atoms with E-state index in [0.717, 1.165) is 268 Å². The number of nitriles is 4. The van der Waals surface area contributed by atoms with Crippen LogP contribution in [0.5, 0.6) is 0 Å². The van der Waals surface area contributed by atoms with E-state index < -0.39 is 0 Å². The molecule has 0 unspecified atom stereocenters. The summed E-state index contributed by atoms with van der Waals surface area (Å²) in [5, 5.41) is 51.9. The maximum atomic E-state index is 12.1. The monoisotopic (exact) mass is 2020 g/mol. The number of aryl methyl sites for hydroxylation is 6. The van der Waals surface area contributed by atoms with E-state index in [2.05, 4.69) is 104 Å². The van der Waals surface area contributed by atoms with Gasteiger partial charge in [-0.2, -0.15) is 21.0 Å². The molecule has 4 aromatic carbocycles. The van der Waals surface area contributed by atoms with E-state index in [1.807, 2.05) is 0 Å². The Morgan fingerprint density at radius 1 is 0.172 bits per heavy atom. The van der Waals surface area contributed by atoms with Gasteiger partial charge in [-0.3, -0.25) is 0 Å². The molecule has 0 fully saturated rings. The molecule has 0 saturated carbocycles. The number of hydrogen-bond acceptors (Lipinski definition) is 10. The maximum Gasteiger partial charge on any atom is 2.00 e. The summed E-state index contributed by atoms with van der Waals surface area (Å²) in [6.07, 6.45) is 102. The van der Waals surface area contributed by atoms with Crippen LogP contribution in [0.25, 0.3) is 89.7 Å². The second kappa shape index (κ2) is 77.1. The number of rotatable bonds is 88. The fourth-order valence-corrected chi connectivity index (χ4v) is 23.6. The van der Waals surface area contributed by atoms with Crippen LogP contribution >= 0.6 is 0 Å². The minimum Gasteiger partial charge on any atom is -0.357 e. The van der Waals surface area contributed by atoms with E-state index >= 15 is 0 Å². The first-order valence-corrected chi connectivity index (χ1v) is 62.3. The van der Waals surface area contributed by atoms with E-state index in [-0.39, 0.29) is 17.1 Å². The smallest absolute Gasteiger partial charge is 0.357 e. The number of fused-ring (bicyclic) bond motifs is 20. The second-order valence-electron chi connectivity index (χ2n) is 44.6. The summed E-state index contributed by atoms with van der Waals surface area (Å²) in [6, 6.07) is 20.5. The van der Waals surface area contributed by atoms with Crippen molar-refractivity contribution in [3.05, 3.63) is 91.0 Å². The molecule has 2 aliphatic rings. The molecule has 145 heavy (non-hydrogen) atoms. The van der Waals surface area contributed by atoms with E-state index in [1.54, 1.807) is 0 Å². The number of hydrogen-bond donors (Lipinski definition) is 0. The van der Waals surface area contributed by atoms with Crippen molar-refractivity contribution in [3.8, 4) is 69.8 Å². The van der Waals surface area contributed by atoms with E-state index in [0.29, 0.717) is 93.8 Å². The van der Waals surface area contributed by atoms with Crippen molar-refractivity contribution < 1.29 is 17.1 Å². The van der Waals surface area contributed by atoms with Gasteiger partial charge in [-0.15, -0.1) is 0 Å². The molecule has 13 heteroatoms. The molecule has 12 nitrogen and oxygen atoms in total. The molecule has 1 radical (unpaired) electrons. The van der Waals surface area contributed by atoms with Gasteiger partial charge >= 0.3 is 17.1 Å². The summed E-state index contributed by atoms with van der Waals surface area (Å²) >= 11 is 0. The van der Waals surface area contributed by atoms with Crippen LogP contribution in [0.4, 0.5) is 0 Å². The SMILES string of the molecule is CCCCCCCCCCCCc1cc(C#N)c(CCCCCCCCCCCC)c2c1-c1nc-2nc2[n-]c(nc3nc(nc4[n-]c(n1)c1c(CCCCCCCCCCCC)c(C#N)cc(CCCCCCCCCCCC)c41)-c1c(CCCCCCCCCCCC)c(C#N)cc(CCCCCCCCCCCC)c1-3)c1c(CCCCCCCCCCCC)c(C#N)cc(CCCCCCCCCCCC)c21.[Cu+2]. The van der Waals surface area contributed by atoms with Gasteiger partial charge in [-0.25, -0.2) is 9.97 Å². The van der Waals surface area contributed by atoms with Crippen LogP contribution in [0, 0.1) is 45.3 Å². The molecule has 0 amide bonds. The average molecular weight is 2020 g/mol. The first-order valence-electron chi connectivity index (χ1n) is 62.3. The molecule has 0 spiro atoms. The van der Waals surface area contributed by atoms with Gasteiger partial charge in [-0.05, 0) is 182 Å². The Bertz CT molecular complexity index is 4780. The fraction of sp³-hybridized carbons (Fsp3) is 0.727. The Morgan fingerprint density at radius 2 is 0.324 bits per heavy atom. The first-order chi connectivity index (χ1) is 71.2. The summed E-state index contributed by atoms with van der Waals surface area (Å²) < 4.78 is 0. The molecule has 0 aliphatic carbocycles. The molecule has 9 rings (SSSR count). The Balaban J connectivity index is 0.0000257. The molecule has 2 aliphatic heterocycles. The molecule has 0 saturated heterocycles. The Morgan fingerprint density at radius 3 is 0.524 bits per heavy atom. The quantitative estimate of drug-likeness (QED) is 0.0258. The van der Waals surface area contributed by atoms with E-state index in [1.165, 1.54) is 360 Å². The third kappa shape index (κ3) is 42.8. The minimum absolute atomic E-state index is 0. The first kappa shape index (κ1) is 123. The van der Waals surface area contributed by atoms with E-state index in [9.17, 15) is 21.0 Å². The van der Waals surface area contributed by atoms with Crippen LogP contribution in [-0.2, 0) is 68.4 Å². The summed E-state index contributed by atoms with van der Waals surface area (Å²) in [4.78, 5) is 48.8. The third-order valence-electron chi connectivity index (χ3n) is 32.4. The molecular weight excluding hydrogens is 1820 g/mol. The van der Waals surface area contributed by atoms with Gasteiger partial charge in [0.1, 0.15) is 0 Å². The van der Waals surface area contributed by atoms with Gasteiger partial charge in [0.25, 0.3) is 0 Å². The molecule has 7 aromatic rings. The van der Waals surface area contributed by atoms with Crippen molar-refractivity contribution in [2.75, 3.05) is 0 Å². The van der Waals surface area contributed by atoms with Crippen LogP contribution in [-0.4, -0.2) is 29.9 Å². The molecule has 0 atom stereocenters. The van der Waals surface area contributed by atoms with Crippen molar-refractivity contribution >= 4 is 44.1 Å². The van der Waals surface area contributed by atoms with Crippen molar-refractivity contribution in [3.63, 3.8) is 0 Å². The van der Waals surface area contributed by atoms with Crippen LogP contribution in [0.1, 0.15) is 636 Å². The Kier molecular flexibility index (Phi) is 65.4. The molecule has 5 heterocycles. The summed E-state index contributed by atoms with van der Waals surface area (Å²) in [6.45, 7) is 18.4. The Labute approximate surface area is 897 Å². The summed E-state index contributed by atoms with van der Waals surface area (Å²) in [5.74, 6) is 2.10. The third-order valence-corrected chi connectivity index (χ3v) is 32.4. The molecule has 3 aromatic heterocycles. The molecular formula is C132H204CuN12. The number of unbranched alkanes of at least 4 members (excludes halogenated alkanes) is 72. The van der Waals surface area contributed by atoms with Gasteiger partial charge in [0, 0.05) is 55.6 Å². The number of aromatic nitrogens is 8. The van der Waals surface area contributed by atoms with Gasteiger partial charge < -0.3 is 29.9 Å². The fourth-order valence-electron chi connectivity index (χ4n) is 23.6. The zero-order chi connectivity index (χ0) is 102. The zero-order valence-corrected chi connectivity index (χ0v) is 95.1. The van der Waals surface area contributed by atoms with Crippen molar-refractivity contribution in [2.45, 2.75) is 620 Å². The van der Waals surface area contributed by atoms with E-state index in [4.69, 9.17) is 39.9 Å². The van der Waals surface area contributed by atoms with Crippen LogP contribution in [0.2, 0.25) is 0 Å². The zero-order valence-electron chi connectivity index (χ0n) is 94.2. The maximum absolute atomic E-state index is 12.1. The molecule has 803 valence electrons. The average Bonchev–Trinajstić information content (AvgIpc) is 1.56. The Hall–Kier alpha value is -7.28. The second-order valence-corrected chi connectivity index (χ2v) is 44.6. The predicted molar refractivity (Wildman–Crippen MR) is 617 cm³/mol. The van der Waals surface area contributed by atoms with Crippen LogP contribution in [0.15, 0.2) is 24.3 Å². The van der Waals surface area contributed by atoms with Gasteiger partial charge in [0.2, 0.25) is 0 Å². The van der Waals surface area contributed by atoms with Gasteiger partial charge in [0.15, 0.2) is 0 Å². The minimum atomic E-state index is 0. The van der Waals surface area contributed by atoms with Gasteiger partial charge in [-0.1, -0.05) is 518 Å². The largest absolute Gasteiger partial charge is 2.00 e. The topological polar surface area (TPSA) is 201 Å². The van der Waals surface area contributed by atoms with Crippen LogP contribution in [0.3, 0.4) is 0 Å². The van der Waals surface area contributed by atoms with Crippen molar-refractivity contribution in [1.82, 2.24) is 39.9 Å². The predicted octanol–water partition coefficient (Wildman–Crippen LogP) is 41.3. The number of benzene rings is 4. The summed E-state index contributed by atoms with van der Waals surface area (Å²) in [7, 11) is 0. The van der Waals surface area contributed by atoms with Crippen molar-refractivity contribution in [1.29, 1.82) is 21.0 Å². The molecule has 8 bridgehead atoms. The molecule has 0 N–H and O–H groups in total. The standard InChI is InChI=1S/C132H204N12.Cu/c1-9-17-25-33-41-49-57-65-73-81-89-105-97-109(101-133)113(93-85-77-69-61-53-45-37-29-21-13-5)121-117(105)125-137-129(121)142-126-119-107(91-83-75-67-59-51-43-35-27-19-11-3)99-111(103-135)115(95-87-79-71-63-55-47-39-31-23-15-7)123(119)131(139-126)144-128-120-108(92-84-76-68-60-52-44-36-28-20-12-4)100-112(104-136)116(96-88-80-72-64-56-48-40-32-24-16-8)124(120)132(140-128)143-127-118-106(90-82-74-66-58-50-42-34-26-18-10-2)98-110(102-134)114(122(118)130(138-127)141-125)94-86-78-70-62-54-46-38-30-22-14-6;/h97-100H,9-96H2,1-8H3;/q-2;+2. The van der Waals surface area contributed by atoms with Gasteiger partial charge in [0.05, 0.1) is 69.8 Å². The van der Waals surface area contributed by atoms with Crippen LogP contribution < -0.4 is 9.97 Å². The summed E-state index contributed by atoms with van der Waals surface area (Å²) in [5.41, 5.74) is 16.7. The number of nitrogens with zero attached hydrogens (tertiary/aromatic N) is 12.